The first-order valence-electron chi connectivity index (χ1n) is 10.9. The van der Waals surface area contributed by atoms with Crippen molar-refractivity contribution >= 4 is 33.9 Å². The Kier molecular flexibility index (Phi) is 5.31. The Morgan fingerprint density at radius 2 is 1.94 bits per heavy atom. The maximum atomic E-state index is 13.8. The zero-order chi connectivity index (χ0) is 24.0. The quantitative estimate of drug-likeness (QED) is 0.404. The average Bonchev–Trinajstić information content (AvgIpc) is 3.27. The Morgan fingerprint density at radius 3 is 2.62 bits per heavy atom. The van der Waals surface area contributed by atoms with E-state index in [0.29, 0.717) is 59.6 Å². The van der Waals surface area contributed by atoms with Crippen molar-refractivity contribution in [2.24, 2.45) is 5.92 Å². The van der Waals surface area contributed by atoms with E-state index in [1.165, 1.54) is 6.33 Å². The molecule has 1 aromatic carbocycles. The number of nitrogens with two attached hydrogens (primary N) is 1. The summed E-state index contributed by atoms with van der Waals surface area (Å²) >= 11 is 0. The second-order valence-corrected chi connectivity index (χ2v) is 8.36. The van der Waals surface area contributed by atoms with Crippen molar-refractivity contribution in [3.63, 3.8) is 0 Å². The number of rotatable bonds is 5. The number of hydrogen-bond donors (Lipinski definition) is 3. The van der Waals surface area contributed by atoms with Crippen molar-refractivity contribution in [2.45, 2.75) is 31.7 Å². The average molecular weight is 464 g/mol. The van der Waals surface area contributed by atoms with E-state index in [-0.39, 0.29) is 23.1 Å². The van der Waals surface area contributed by atoms with Crippen LogP contribution < -0.4 is 20.8 Å². The normalized spacial score (nSPS) is 18.3. The molecule has 4 aromatic rings. The van der Waals surface area contributed by atoms with Gasteiger partial charge >= 0.3 is 5.97 Å². The molecule has 11 heteroatoms. The molecule has 0 atom stereocenters. The molecular formula is C23H24N6O5. The molecule has 34 heavy (non-hydrogen) atoms. The molecule has 0 saturated heterocycles. The highest BCUT2D eigenvalue weighted by atomic mass is 16.5. The third-order valence-corrected chi connectivity index (χ3v) is 6.51. The number of benzene rings is 1. The highest BCUT2D eigenvalue weighted by Gasteiger charge is 2.30. The van der Waals surface area contributed by atoms with Gasteiger partial charge in [0.2, 0.25) is 0 Å². The lowest BCUT2D eigenvalue weighted by molar-refractivity contribution is -0.143. The van der Waals surface area contributed by atoms with Crippen molar-refractivity contribution in [1.82, 2.24) is 24.5 Å². The summed E-state index contributed by atoms with van der Waals surface area (Å²) in [6.45, 7) is 0. The maximum Gasteiger partial charge on any atom is 0.306 e. The van der Waals surface area contributed by atoms with Gasteiger partial charge in [0.15, 0.2) is 28.7 Å². The molecule has 3 aromatic heterocycles. The van der Waals surface area contributed by atoms with Crippen LogP contribution in [-0.4, -0.2) is 49.8 Å². The third kappa shape index (κ3) is 3.40. The number of carboxylic acids is 1. The Labute approximate surface area is 193 Å². The summed E-state index contributed by atoms with van der Waals surface area (Å²) in [6, 6.07) is 5.25. The summed E-state index contributed by atoms with van der Waals surface area (Å²) in [5, 5.41) is 10.2. The van der Waals surface area contributed by atoms with Crippen LogP contribution in [0.5, 0.6) is 11.5 Å². The van der Waals surface area contributed by atoms with Crippen LogP contribution in [0.25, 0.3) is 33.5 Å². The number of nitrogens with zero attached hydrogens (tertiary/aromatic N) is 4. The third-order valence-electron chi connectivity index (χ3n) is 6.51. The van der Waals surface area contributed by atoms with Crippen molar-refractivity contribution in [2.75, 3.05) is 20.0 Å². The number of methoxy groups -OCH3 is 2. The predicted molar refractivity (Wildman–Crippen MR) is 125 cm³/mol. The highest BCUT2D eigenvalue weighted by molar-refractivity contribution is 5.92. The molecule has 1 aliphatic carbocycles. The summed E-state index contributed by atoms with van der Waals surface area (Å²) in [5.41, 5.74) is 7.78. The fourth-order valence-corrected chi connectivity index (χ4v) is 4.78. The topological polar surface area (TPSA) is 158 Å². The molecule has 4 N–H and O–H groups in total. The van der Waals surface area contributed by atoms with Crippen LogP contribution >= 0.6 is 0 Å². The minimum Gasteiger partial charge on any atom is -0.493 e. The molecule has 0 unspecified atom stereocenters. The van der Waals surface area contributed by atoms with Crippen molar-refractivity contribution < 1.29 is 19.4 Å². The van der Waals surface area contributed by atoms with Gasteiger partial charge in [-0.25, -0.2) is 15.0 Å². The van der Waals surface area contributed by atoms with Gasteiger partial charge in [-0.15, -0.1) is 0 Å². The number of carboxylic acid groups (broad SMARTS) is 1. The lowest BCUT2D eigenvalue weighted by Gasteiger charge is -2.28. The van der Waals surface area contributed by atoms with E-state index in [2.05, 4.69) is 19.9 Å². The Bertz CT molecular complexity index is 1470. The fourth-order valence-electron chi connectivity index (χ4n) is 4.78. The minimum atomic E-state index is -0.805. The molecule has 1 aliphatic rings. The first-order valence-corrected chi connectivity index (χ1v) is 10.9. The first-order chi connectivity index (χ1) is 16.4. The Morgan fingerprint density at radius 1 is 1.18 bits per heavy atom. The van der Waals surface area contributed by atoms with Crippen molar-refractivity contribution in [1.29, 1.82) is 0 Å². The van der Waals surface area contributed by atoms with E-state index < -0.39 is 11.9 Å². The summed E-state index contributed by atoms with van der Waals surface area (Å²) in [4.78, 5) is 41.3. The van der Waals surface area contributed by atoms with Gasteiger partial charge < -0.3 is 25.3 Å². The second-order valence-electron chi connectivity index (χ2n) is 8.36. The largest absolute Gasteiger partial charge is 0.493 e. The number of nitrogen functional groups attached to an aromatic ring is 1. The number of hydrogen-bond acceptors (Lipinski definition) is 8. The van der Waals surface area contributed by atoms with Gasteiger partial charge in [-0.3, -0.25) is 14.2 Å². The number of aromatic amines is 1. The number of H-pyrrole nitrogens is 1. The Hall–Kier alpha value is -4.15. The number of aliphatic carboxylic acids is 1. The van der Waals surface area contributed by atoms with E-state index in [1.54, 1.807) is 24.9 Å². The highest BCUT2D eigenvalue weighted by Crippen LogP contribution is 2.37. The predicted octanol–water partition coefficient (Wildman–Crippen LogP) is 2.75. The SMILES string of the molecule is COc1ccc2cc(-c3nc4c(N)ncnc4n(C4CCC(C(=O)O)CC4)c3=O)[nH]c2c1OC. The van der Waals surface area contributed by atoms with Gasteiger partial charge in [0.05, 0.1) is 31.3 Å². The molecule has 3 heterocycles. The zero-order valence-corrected chi connectivity index (χ0v) is 18.7. The molecule has 176 valence electrons. The fraction of sp³-hybridized carbons (Fsp3) is 0.348. The van der Waals surface area contributed by atoms with Gasteiger partial charge in [-0.2, -0.15) is 0 Å². The second kappa shape index (κ2) is 8.32. The number of fused-ring (bicyclic) bond motifs is 2. The van der Waals surface area contributed by atoms with E-state index in [1.807, 2.05) is 12.1 Å². The molecule has 11 nitrogen and oxygen atoms in total. The molecular weight excluding hydrogens is 440 g/mol. The molecule has 0 spiro atoms. The number of anilines is 1. The Balaban J connectivity index is 1.70. The summed E-state index contributed by atoms with van der Waals surface area (Å²) in [7, 11) is 3.10. The lowest BCUT2D eigenvalue weighted by Crippen LogP contribution is -2.32. The van der Waals surface area contributed by atoms with E-state index >= 15 is 0 Å². The van der Waals surface area contributed by atoms with E-state index in [4.69, 9.17) is 15.2 Å². The lowest BCUT2D eigenvalue weighted by atomic mass is 9.86. The number of ether oxygens (including phenoxy) is 2. The molecule has 0 bridgehead atoms. The van der Waals surface area contributed by atoms with Gasteiger partial charge in [0.25, 0.3) is 5.56 Å². The number of aromatic nitrogens is 5. The van der Waals surface area contributed by atoms with Crippen molar-refractivity contribution in [3.8, 4) is 22.9 Å². The van der Waals surface area contributed by atoms with Crippen LogP contribution in [-0.2, 0) is 4.79 Å². The summed E-state index contributed by atoms with van der Waals surface area (Å²) in [6.07, 6.45) is 3.34. The van der Waals surface area contributed by atoms with E-state index in [9.17, 15) is 14.7 Å². The molecule has 0 amide bonds. The maximum absolute atomic E-state index is 13.8. The molecule has 0 aliphatic heterocycles. The number of carbonyl (C=O) groups is 1. The van der Waals surface area contributed by atoms with Gasteiger partial charge in [0.1, 0.15) is 11.8 Å². The van der Waals surface area contributed by atoms with Crippen molar-refractivity contribution in [3.05, 3.63) is 34.9 Å². The zero-order valence-electron chi connectivity index (χ0n) is 18.7. The summed E-state index contributed by atoms with van der Waals surface area (Å²) < 4.78 is 12.5. The van der Waals surface area contributed by atoms with Gasteiger partial charge in [0, 0.05) is 11.4 Å². The molecule has 1 saturated carbocycles. The standard InChI is InChI=1S/C23H24N6O5/c1-33-15-8-5-12-9-14(27-16(12)19(15)34-2)17-22(30)29(13-6-3-11(4-7-13)23(31)32)21-18(28-17)20(24)25-10-26-21/h5,8-11,13,27H,3-4,6-7H2,1-2H3,(H,31,32)(H2,24,25,26). The van der Waals surface area contributed by atoms with Gasteiger partial charge in [-0.1, -0.05) is 0 Å². The molecule has 0 radical (unpaired) electrons. The molecule has 5 rings (SSSR count). The van der Waals surface area contributed by atoms with E-state index in [0.717, 1.165) is 5.39 Å². The molecule has 1 fully saturated rings. The minimum absolute atomic E-state index is 0.162. The van der Waals surface area contributed by atoms with Crippen LogP contribution in [0.15, 0.2) is 29.3 Å². The van der Waals surface area contributed by atoms with Crippen LogP contribution in [0, 0.1) is 5.92 Å². The smallest absolute Gasteiger partial charge is 0.306 e. The monoisotopic (exact) mass is 464 g/mol. The summed E-state index contributed by atoms with van der Waals surface area (Å²) in [5.74, 6) is 0.0207. The van der Waals surface area contributed by atoms with Crippen LogP contribution in [0.2, 0.25) is 0 Å². The number of nitrogens with one attached hydrogen (secondary N) is 1. The van der Waals surface area contributed by atoms with Crippen LogP contribution in [0.4, 0.5) is 5.82 Å². The first kappa shape index (κ1) is 21.7. The van der Waals surface area contributed by atoms with Gasteiger partial charge in [-0.05, 0) is 43.9 Å². The van der Waals surface area contributed by atoms with Crippen LogP contribution in [0.1, 0.15) is 31.7 Å². The van der Waals surface area contributed by atoms with Crippen LogP contribution in [0.3, 0.4) is 0 Å².